The van der Waals surface area contributed by atoms with Gasteiger partial charge in [0.25, 0.3) is 0 Å². The maximum atomic E-state index is 12.6. The Balaban J connectivity index is 1.80. The van der Waals surface area contributed by atoms with Gasteiger partial charge in [-0.15, -0.1) is 0 Å². The van der Waals surface area contributed by atoms with E-state index in [1.807, 2.05) is 24.3 Å². The van der Waals surface area contributed by atoms with Crippen LogP contribution in [0.15, 0.2) is 42.0 Å². The van der Waals surface area contributed by atoms with E-state index in [0.29, 0.717) is 13.0 Å². The van der Waals surface area contributed by atoms with Gasteiger partial charge in [-0.25, -0.2) is 4.79 Å². The Morgan fingerprint density at radius 3 is 2.54 bits per heavy atom. The molecule has 4 heteroatoms. The van der Waals surface area contributed by atoms with E-state index in [-0.39, 0.29) is 34.2 Å². The van der Waals surface area contributed by atoms with Crippen molar-refractivity contribution in [1.29, 1.82) is 0 Å². The highest BCUT2D eigenvalue weighted by atomic mass is 16.5. The fourth-order valence-corrected chi connectivity index (χ4v) is 4.79. The number of carbonyl (C=O) groups is 2. The molecular formula is C22H28O4. The van der Waals surface area contributed by atoms with Crippen LogP contribution in [0.25, 0.3) is 0 Å². The number of esters is 1. The molecule has 1 unspecified atom stereocenters. The normalized spacial score (nSPS) is 30.3. The Kier molecular flexibility index (Phi) is 5.07. The average Bonchev–Trinajstić information content (AvgIpc) is 2.62. The number of carbonyl (C=O) groups excluding carboxylic acids is 2. The first kappa shape index (κ1) is 18.8. The van der Waals surface area contributed by atoms with Crippen molar-refractivity contribution in [2.75, 3.05) is 7.11 Å². The largest absolute Gasteiger partial charge is 0.465 e. The van der Waals surface area contributed by atoms with E-state index in [2.05, 4.69) is 32.9 Å². The molecule has 0 heterocycles. The molecule has 0 N–H and O–H groups in total. The van der Waals surface area contributed by atoms with Crippen LogP contribution >= 0.6 is 0 Å². The van der Waals surface area contributed by atoms with Crippen LogP contribution < -0.4 is 0 Å². The van der Waals surface area contributed by atoms with Crippen molar-refractivity contribution < 1.29 is 19.1 Å². The molecule has 140 valence electrons. The summed E-state index contributed by atoms with van der Waals surface area (Å²) in [6.07, 6.45) is 4.13. The van der Waals surface area contributed by atoms with E-state index in [1.54, 1.807) is 0 Å². The van der Waals surface area contributed by atoms with Crippen LogP contribution in [0.2, 0.25) is 0 Å². The van der Waals surface area contributed by atoms with Crippen LogP contribution in [-0.2, 0) is 25.7 Å². The molecule has 0 aromatic heterocycles. The van der Waals surface area contributed by atoms with Gasteiger partial charge < -0.3 is 9.47 Å². The Labute approximate surface area is 155 Å². The van der Waals surface area contributed by atoms with E-state index in [9.17, 15) is 9.59 Å². The third kappa shape index (κ3) is 3.35. The fraction of sp³-hybridized carbons (Fsp3) is 0.545. The smallest absolute Gasteiger partial charge is 0.341 e. The average molecular weight is 356 g/mol. The summed E-state index contributed by atoms with van der Waals surface area (Å²) in [6.45, 7) is 7.11. The number of ether oxygens (including phenoxy) is 2. The van der Waals surface area contributed by atoms with Crippen molar-refractivity contribution >= 4 is 11.8 Å². The van der Waals surface area contributed by atoms with Gasteiger partial charge in [-0.1, -0.05) is 57.2 Å². The molecule has 3 rings (SSSR count). The van der Waals surface area contributed by atoms with Crippen LogP contribution in [0.5, 0.6) is 0 Å². The molecule has 4 nitrogen and oxygen atoms in total. The van der Waals surface area contributed by atoms with E-state index < -0.39 is 5.97 Å². The van der Waals surface area contributed by atoms with E-state index in [4.69, 9.17) is 9.47 Å². The highest BCUT2D eigenvalue weighted by molar-refractivity contribution is 6.18. The van der Waals surface area contributed by atoms with Gasteiger partial charge in [0.1, 0.15) is 0 Å². The van der Waals surface area contributed by atoms with Gasteiger partial charge in [0.2, 0.25) is 0 Å². The first-order valence-corrected chi connectivity index (χ1v) is 9.28. The first-order valence-electron chi connectivity index (χ1n) is 9.28. The van der Waals surface area contributed by atoms with E-state index in [1.165, 1.54) is 7.11 Å². The van der Waals surface area contributed by atoms with Crippen molar-refractivity contribution in [1.82, 2.24) is 0 Å². The molecule has 0 amide bonds. The lowest BCUT2D eigenvalue weighted by Gasteiger charge is -2.54. The summed E-state index contributed by atoms with van der Waals surface area (Å²) in [4.78, 5) is 24.5. The number of allylic oxidation sites excluding steroid dienone is 1. The van der Waals surface area contributed by atoms with Crippen LogP contribution in [0.4, 0.5) is 0 Å². The lowest BCUT2D eigenvalue weighted by atomic mass is 9.51. The van der Waals surface area contributed by atoms with Crippen molar-refractivity contribution in [3.8, 4) is 0 Å². The van der Waals surface area contributed by atoms with E-state index >= 15 is 0 Å². The zero-order chi connectivity index (χ0) is 18.9. The van der Waals surface area contributed by atoms with Crippen molar-refractivity contribution in [2.24, 2.45) is 16.7 Å². The lowest BCUT2D eigenvalue weighted by molar-refractivity contribution is -0.145. The minimum absolute atomic E-state index is 0.0849. The van der Waals surface area contributed by atoms with Crippen molar-refractivity contribution in [3.63, 3.8) is 0 Å². The second-order valence-electron chi connectivity index (χ2n) is 8.38. The number of methoxy groups -OCH3 is 1. The molecule has 0 aliphatic heterocycles. The van der Waals surface area contributed by atoms with Crippen LogP contribution in [0, 0.1) is 16.7 Å². The number of fused-ring (bicyclic) bond motifs is 1. The third-order valence-corrected chi connectivity index (χ3v) is 6.33. The lowest BCUT2D eigenvalue weighted by Crippen LogP contribution is -2.52. The zero-order valence-electron chi connectivity index (χ0n) is 16.1. The molecule has 0 spiro atoms. The minimum atomic E-state index is -0.519. The Bertz CT molecular complexity index is 719. The number of benzene rings is 1. The maximum Gasteiger partial charge on any atom is 0.341 e. The van der Waals surface area contributed by atoms with Gasteiger partial charge in [-0.2, -0.15) is 0 Å². The first-order chi connectivity index (χ1) is 12.3. The Hall–Kier alpha value is -1.94. The molecule has 2 aliphatic carbocycles. The van der Waals surface area contributed by atoms with Crippen molar-refractivity contribution in [2.45, 2.75) is 52.7 Å². The summed E-state index contributed by atoms with van der Waals surface area (Å²) in [5, 5.41) is 0. The molecule has 0 radical (unpaired) electrons. The molecule has 26 heavy (non-hydrogen) atoms. The van der Waals surface area contributed by atoms with E-state index in [0.717, 1.165) is 18.4 Å². The summed E-state index contributed by atoms with van der Waals surface area (Å²) in [5.41, 5.74) is 1.03. The molecule has 1 aromatic carbocycles. The van der Waals surface area contributed by atoms with Gasteiger partial charge in [-0.3, -0.25) is 4.79 Å². The molecule has 1 fully saturated rings. The molecular weight excluding hydrogens is 328 g/mol. The Morgan fingerprint density at radius 1 is 1.19 bits per heavy atom. The molecule has 1 aromatic rings. The predicted molar refractivity (Wildman–Crippen MR) is 99.4 cm³/mol. The number of hydrogen-bond acceptors (Lipinski definition) is 4. The number of hydrogen-bond donors (Lipinski definition) is 0. The summed E-state index contributed by atoms with van der Waals surface area (Å²) in [5.74, 6) is -0.489. The van der Waals surface area contributed by atoms with Gasteiger partial charge in [0, 0.05) is 6.42 Å². The van der Waals surface area contributed by atoms with Gasteiger partial charge in [-0.05, 0) is 35.2 Å². The number of rotatable bonds is 4. The van der Waals surface area contributed by atoms with Gasteiger partial charge in [0.15, 0.2) is 5.78 Å². The topological polar surface area (TPSA) is 52.6 Å². The SMILES string of the molecule is COC(=O)C1=C[C@@]2(C)CC[C@H](OCc3ccccc3)C(C)(C)C2CC1=O. The predicted octanol–water partition coefficient (Wildman–Crippen LogP) is 4.09. The quantitative estimate of drug-likeness (QED) is 0.602. The molecule has 0 bridgehead atoms. The van der Waals surface area contributed by atoms with Crippen LogP contribution in [0.3, 0.4) is 0 Å². The minimum Gasteiger partial charge on any atom is -0.465 e. The van der Waals surface area contributed by atoms with Crippen LogP contribution in [-0.4, -0.2) is 25.0 Å². The molecule has 1 saturated carbocycles. The number of ketones is 1. The molecule has 0 saturated heterocycles. The van der Waals surface area contributed by atoms with Gasteiger partial charge >= 0.3 is 5.97 Å². The monoisotopic (exact) mass is 356 g/mol. The highest BCUT2D eigenvalue weighted by Crippen LogP contribution is 2.56. The summed E-state index contributed by atoms with van der Waals surface area (Å²) < 4.78 is 11.1. The Morgan fingerprint density at radius 2 is 1.88 bits per heavy atom. The summed E-state index contributed by atoms with van der Waals surface area (Å²) in [6, 6.07) is 10.2. The molecule has 3 atom stereocenters. The summed E-state index contributed by atoms with van der Waals surface area (Å²) in [7, 11) is 1.32. The van der Waals surface area contributed by atoms with Gasteiger partial charge in [0.05, 0.1) is 25.4 Å². The third-order valence-electron chi connectivity index (χ3n) is 6.33. The second-order valence-corrected chi connectivity index (χ2v) is 8.38. The standard InChI is InChI=1S/C22H28O4/c1-21(2)18-12-17(23)16(20(24)25-4)13-22(18,3)11-10-19(21)26-14-15-8-6-5-7-9-15/h5-9,13,18-19H,10-12,14H2,1-4H3/t18?,19-,22+/m0/s1. The van der Waals surface area contributed by atoms with Crippen molar-refractivity contribution in [3.05, 3.63) is 47.5 Å². The number of Topliss-reactive ketones (excluding diaryl/α,β-unsaturated/α-hetero) is 1. The van der Waals surface area contributed by atoms with Crippen LogP contribution in [0.1, 0.15) is 45.6 Å². The molecule has 2 aliphatic rings. The summed E-state index contributed by atoms with van der Waals surface area (Å²) >= 11 is 0. The second kappa shape index (κ2) is 6.99. The highest BCUT2D eigenvalue weighted by Gasteiger charge is 2.54. The maximum absolute atomic E-state index is 12.6. The zero-order valence-corrected chi connectivity index (χ0v) is 16.1. The fourth-order valence-electron chi connectivity index (χ4n) is 4.79.